The summed E-state index contributed by atoms with van der Waals surface area (Å²) in [6.45, 7) is 3.84. The van der Waals surface area contributed by atoms with Gasteiger partial charge in [-0.1, -0.05) is 24.3 Å². The highest BCUT2D eigenvalue weighted by atomic mass is 32.1. The molecule has 0 saturated carbocycles. The molecule has 0 fully saturated rings. The van der Waals surface area contributed by atoms with E-state index in [4.69, 9.17) is 13.9 Å². The third-order valence-electron chi connectivity index (χ3n) is 5.73. The number of para-hydroxylation sites is 2. The second kappa shape index (κ2) is 7.49. The number of aryl methyl sites for hydroxylation is 2. The lowest BCUT2D eigenvalue weighted by Crippen LogP contribution is -2.29. The monoisotopic (exact) mass is 448 g/mol. The lowest BCUT2D eigenvalue weighted by atomic mass is 9.97. The van der Waals surface area contributed by atoms with Crippen molar-refractivity contribution in [2.45, 2.75) is 19.9 Å². The van der Waals surface area contributed by atoms with Crippen LogP contribution >= 0.6 is 11.3 Å². The number of thiazole rings is 1. The van der Waals surface area contributed by atoms with Crippen molar-refractivity contribution in [3.05, 3.63) is 80.1 Å². The third kappa shape index (κ3) is 2.83. The number of anilines is 1. The zero-order valence-electron chi connectivity index (χ0n) is 18.0. The van der Waals surface area contributed by atoms with Crippen LogP contribution in [0.3, 0.4) is 0 Å². The number of hydrogen-bond donors (Lipinski definition) is 0. The number of carbonyl (C=O) groups is 1. The zero-order valence-corrected chi connectivity index (χ0v) is 18.8. The van der Waals surface area contributed by atoms with Crippen LogP contribution in [0.15, 0.2) is 51.7 Å². The summed E-state index contributed by atoms with van der Waals surface area (Å²) in [5.41, 5.74) is 1.83. The van der Waals surface area contributed by atoms with E-state index >= 15 is 0 Å². The van der Waals surface area contributed by atoms with Crippen LogP contribution in [0.1, 0.15) is 38.3 Å². The number of aromatic nitrogens is 1. The van der Waals surface area contributed by atoms with E-state index in [1.54, 1.807) is 43.5 Å². The topological polar surface area (TPSA) is 81.9 Å². The molecule has 0 unspecified atom stereocenters. The molecule has 0 aliphatic carbocycles. The minimum atomic E-state index is -0.770. The van der Waals surface area contributed by atoms with Crippen LogP contribution in [0.5, 0.6) is 11.5 Å². The molecule has 5 rings (SSSR count). The lowest BCUT2D eigenvalue weighted by Gasteiger charge is -2.24. The summed E-state index contributed by atoms with van der Waals surface area (Å²) in [4.78, 5) is 34.4. The number of nitrogens with zero attached hydrogens (tertiary/aromatic N) is 2. The molecule has 0 radical (unpaired) electrons. The molecule has 0 N–H and O–H groups in total. The Morgan fingerprint density at radius 3 is 2.50 bits per heavy atom. The Morgan fingerprint density at radius 1 is 1.03 bits per heavy atom. The first-order valence-corrected chi connectivity index (χ1v) is 10.8. The number of rotatable bonds is 4. The van der Waals surface area contributed by atoms with Crippen LogP contribution in [0.25, 0.3) is 11.0 Å². The SMILES string of the molecule is COc1cccc([C@H]2c3c(oc4ccccc4c3=O)C(=O)N2c2nc(C)c(C)s2)c1OC. The van der Waals surface area contributed by atoms with Gasteiger partial charge < -0.3 is 13.9 Å². The Morgan fingerprint density at radius 2 is 1.81 bits per heavy atom. The summed E-state index contributed by atoms with van der Waals surface area (Å²) < 4.78 is 17.1. The molecule has 1 atom stereocenters. The quantitative estimate of drug-likeness (QED) is 0.453. The van der Waals surface area contributed by atoms with Gasteiger partial charge in [0.2, 0.25) is 5.76 Å². The molecule has 4 aromatic rings. The Balaban J connectivity index is 1.86. The van der Waals surface area contributed by atoms with Crippen molar-refractivity contribution in [1.82, 2.24) is 4.98 Å². The highest BCUT2D eigenvalue weighted by molar-refractivity contribution is 7.15. The molecule has 162 valence electrons. The van der Waals surface area contributed by atoms with Gasteiger partial charge in [-0.2, -0.15) is 0 Å². The molecule has 3 heterocycles. The average molecular weight is 449 g/mol. The summed E-state index contributed by atoms with van der Waals surface area (Å²) >= 11 is 1.40. The maximum Gasteiger partial charge on any atom is 0.297 e. The minimum Gasteiger partial charge on any atom is -0.493 e. The average Bonchev–Trinajstić information content (AvgIpc) is 3.29. The summed E-state index contributed by atoms with van der Waals surface area (Å²) in [5, 5.41) is 0.911. The highest BCUT2D eigenvalue weighted by Gasteiger charge is 2.46. The summed E-state index contributed by atoms with van der Waals surface area (Å²) in [6.07, 6.45) is 0. The highest BCUT2D eigenvalue weighted by Crippen LogP contribution is 2.47. The molecule has 1 aliphatic rings. The molecule has 7 nitrogen and oxygen atoms in total. The van der Waals surface area contributed by atoms with Crippen LogP contribution < -0.4 is 19.8 Å². The first-order chi connectivity index (χ1) is 15.5. The fraction of sp³-hybridized carbons (Fsp3) is 0.208. The van der Waals surface area contributed by atoms with Crippen molar-refractivity contribution in [2.24, 2.45) is 0 Å². The smallest absolute Gasteiger partial charge is 0.297 e. The molecule has 0 spiro atoms. The summed E-state index contributed by atoms with van der Waals surface area (Å²) in [5.74, 6) is 0.561. The second-order valence-electron chi connectivity index (χ2n) is 7.47. The van der Waals surface area contributed by atoms with Crippen molar-refractivity contribution < 1.29 is 18.7 Å². The van der Waals surface area contributed by atoms with Crippen LogP contribution in [-0.2, 0) is 0 Å². The maximum absolute atomic E-state index is 13.6. The normalized spacial score (nSPS) is 15.3. The van der Waals surface area contributed by atoms with Gasteiger partial charge in [-0.3, -0.25) is 14.5 Å². The van der Waals surface area contributed by atoms with E-state index in [0.29, 0.717) is 33.2 Å². The molecular weight excluding hydrogens is 428 g/mol. The Hall–Kier alpha value is -3.65. The molecule has 32 heavy (non-hydrogen) atoms. The molecule has 8 heteroatoms. The third-order valence-corrected chi connectivity index (χ3v) is 6.80. The fourth-order valence-corrected chi connectivity index (χ4v) is 5.03. The number of benzene rings is 2. The van der Waals surface area contributed by atoms with Gasteiger partial charge in [-0.15, -0.1) is 11.3 Å². The molecule has 0 saturated heterocycles. The van der Waals surface area contributed by atoms with Gasteiger partial charge in [-0.25, -0.2) is 4.98 Å². The second-order valence-corrected chi connectivity index (χ2v) is 8.65. The van der Waals surface area contributed by atoms with E-state index in [2.05, 4.69) is 4.98 Å². The van der Waals surface area contributed by atoms with E-state index in [-0.39, 0.29) is 16.8 Å². The zero-order chi connectivity index (χ0) is 22.6. The number of methoxy groups -OCH3 is 2. The van der Waals surface area contributed by atoms with Crippen molar-refractivity contribution in [2.75, 3.05) is 19.1 Å². The first kappa shape index (κ1) is 20.3. The van der Waals surface area contributed by atoms with Crippen molar-refractivity contribution >= 4 is 33.3 Å². The molecule has 2 aromatic heterocycles. The lowest BCUT2D eigenvalue weighted by molar-refractivity contribution is 0.0970. The van der Waals surface area contributed by atoms with Gasteiger partial charge in [0, 0.05) is 10.4 Å². The molecule has 2 aromatic carbocycles. The van der Waals surface area contributed by atoms with Crippen LogP contribution in [0.2, 0.25) is 0 Å². The van der Waals surface area contributed by atoms with Crippen molar-refractivity contribution in [3.8, 4) is 11.5 Å². The molecule has 1 aliphatic heterocycles. The number of amides is 1. The van der Waals surface area contributed by atoms with Gasteiger partial charge in [0.05, 0.1) is 30.9 Å². The van der Waals surface area contributed by atoms with Gasteiger partial charge >= 0.3 is 0 Å². The predicted octanol–water partition coefficient (Wildman–Crippen LogP) is 4.63. The number of ether oxygens (including phenoxy) is 2. The van der Waals surface area contributed by atoms with Gasteiger partial charge in [0.1, 0.15) is 11.6 Å². The molecular formula is C24H20N2O5S. The standard InChI is InChI=1S/C24H20N2O5S/c1-12-13(2)32-24(25-12)26-19(15-9-7-11-17(29-3)21(15)30-4)18-20(27)14-8-5-6-10-16(14)31-22(18)23(26)28/h5-11,19H,1-4H3/t19-/m0/s1. The Bertz CT molecular complexity index is 1420. The van der Waals surface area contributed by atoms with Crippen LogP contribution in [0, 0.1) is 13.8 Å². The van der Waals surface area contributed by atoms with Crippen LogP contribution in [-0.4, -0.2) is 25.1 Å². The van der Waals surface area contributed by atoms with E-state index in [1.165, 1.54) is 23.3 Å². The van der Waals surface area contributed by atoms with Crippen molar-refractivity contribution in [1.29, 1.82) is 0 Å². The van der Waals surface area contributed by atoms with Crippen molar-refractivity contribution in [3.63, 3.8) is 0 Å². The van der Waals surface area contributed by atoms with Gasteiger partial charge in [0.25, 0.3) is 5.91 Å². The largest absolute Gasteiger partial charge is 0.493 e. The molecule has 1 amide bonds. The van der Waals surface area contributed by atoms with E-state index < -0.39 is 11.9 Å². The molecule has 0 bridgehead atoms. The number of hydrogen-bond acceptors (Lipinski definition) is 7. The summed E-state index contributed by atoms with van der Waals surface area (Å²) in [6, 6.07) is 11.6. The minimum absolute atomic E-state index is 0.0223. The van der Waals surface area contributed by atoms with E-state index in [9.17, 15) is 9.59 Å². The summed E-state index contributed by atoms with van der Waals surface area (Å²) in [7, 11) is 3.08. The van der Waals surface area contributed by atoms with Gasteiger partial charge in [0.15, 0.2) is 22.1 Å². The number of carbonyl (C=O) groups excluding carboxylic acids is 1. The Kier molecular flexibility index (Phi) is 4.74. The van der Waals surface area contributed by atoms with Gasteiger partial charge in [-0.05, 0) is 32.0 Å². The Labute approximate surface area is 187 Å². The maximum atomic E-state index is 13.6. The fourth-order valence-electron chi connectivity index (χ4n) is 4.10. The van der Waals surface area contributed by atoms with Crippen LogP contribution in [0.4, 0.5) is 5.13 Å². The van der Waals surface area contributed by atoms with E-state index in [1.807, 2.05) is 19.9 Å². The first-order valence-electron chi connectivity index (χ1n) is 10.0. The van der Waals surface area contributed by atoms with E-state index in [0.717, 1.165) is 10.6 Å². The number of fused-ring (bicyclic) bond motifs is 2. The predicted molar refractivity (Wildman–Crippen MR) is 122 cm³/mol.